The van der Waals surface area contributed by atoms with Gasteiger partial charge in [-0.1, -0.05) is 18.2 Å². The topological polar surface area (TPSA) is 84.8 Å². The second kappa shape index (κ2) is 5.27. The Morgan fingerprint density at radius 2 is 1.91 bits per heavy atom. The monoisotopic (exact) mass is 291 g/mol. The zero-order valence-electron chi connectivity index (χ0n) is 12.0. The van der Waals surface area contributed by atoms with Crippen molar-refractivity contribution in [2.45, 2.75) is 13.6 Å². The Labute approximate surface area is 127 Å². The van der Waals surface area contributed by atoms with Gasteiger partial charge in [-0.05, 0) is 24.6 Å². The van der Waals surface area contributed by atoms with Crippen LogP contribution in [0.5, 0.6) is 0 Å². The van der Waals surface area contributed by atoms with E-state index in [0.717, 1.165) is 11.3 Å². The number of hydrogen-bond donors (Lipinski definition) is 1. The maximum absolute atomic E-state index is 12.3. The molecule has 1 aromatic carbocycles. The minimum absolute atomic E-state index is 0.0197. The first-order valence-corrected chi connectivity index (χ1v) is 6.78. The summed E-state index contributed by atoms with van der Waals surface area (Å²) in [5, 5.41) is 21.4. The second-order valence-electron chi connectivity index (χ2n) is 5.08. The third-order valence-electron chi connectivity index (χ3n) is 3.74. The Balaban J connectivity index is 2.11. The molecule has 2 heterocycles. The average Bonchev–Trinajstić information content (AvgIpc) is 2.55. The van der Waals surface area contributed by atoms with Crippen LogP contribution in [0, 0.1) is 29.6 Å². The highest BCUT2D eigenvalue weighted by molar-refractivity contribution is 5.60. The number of nitriles is 2. The first-order valence-electron chi connectivity index (χ1n) is 6.78. The van der Waals surface area contributed by atoms with Gasteiger partial charge in [0.2, 0.25) is 0 Å². The van der Waals surface area contributed by atoms with E-state index in [2.05, 4.69) is 5.32 Å². The van der Waals surface area contributed by atoms with Crippen molar-refractivity contribution in [1.82, 2.24) is 4.57 Å². The third-order valence-corrected chi connectivity index (χ3v) is 3.74. The van der Waals surface area contributed by atoms with Gasteiger partial charge in [0.1, 0.15) is 30.2 Å². The quantitative estimate of drug-likeness (QED) is 0.865. The fourth-order valence-electron chi connectivity index (χ4n) is 2.63. The lowest BCUT2D eigenvalue weighted by atomic mass is 10.1. The zero-order valence-corrected chi connectivity index (χ0v) is 12.0. The van der Waals surface area contributed by atoms with Crippen molar-refractivity contribution in [2.75, 3.05) is 16.9 Å². The Morgan fingerprint density at radius 1 is 1.18 bits per heavy atom. The molecule has 3 rings (SSSR count). The molecular formula is C16H13N5O. The van der Waals surface area contributed by atoms with Crippen molar-refractivity contribution in [2.24, 2.45) is 0 Å². The SMILES string of the molecule is Cc1ccccc1N1CNc2c(C#N)cc(C#N)c(=O)n2C1. The van der Waals surface area contributed by atoms with Gasteiger partial charge in [0, 0.05) is 5.69 Å². The predicted molar refractivity (Wildman–Crippen MR) is 82.3 cm³/mol. The van der Waals surface area contributed by atoms with E-state index in [4.69, 9.17) is 5.26 Å². The van der Waals surface area contributed by atoms with Crippen LogP contribution in [0.25, 0.3) is 0 Å². The molecule has 1 aliphatic heterocycles. The molecule has 0 radical (unpaired) electrons. The van der Waals surface area contributed by atoms with Crippen molar-refractivity contribution in [3.05, 3.63) is 57.4 Å². The Bertz CT molecular complexity index is 885. The molecule has 0 saturated heterocycles. The Hall–Kier alpha value is -3.25. The standard InChI is InChI=1S/C16H13N5O/c1-11-4-2-3-5-14(11)20-9-19-15-12(7-17)6-13(8-18)16(22)21(15)10-20/h2-6,19H,9-10H2,1H3. The smallest absolute Gasteiger partial charge is 0.271 e. The summed E-state index contributed by atoms with van der Waals surface area (Å²) in [6.07, 6.45) is 0. The number of para-hydroxylation sites is 1. The van der Waals surface area contributed by atoms with Crippen LogP contribution in [0.1, 0.15) is 16.7 Å². The molecule has 0 spiro atoms. The van der Waals surface area contributed by atoms with Gasteiger partial charge in [0.05, 0.1) is 12.2 Å². The van der Waals surface area contributed by atoms with Crippen LogP contribution < -0.4 is 15.8 Å². The van der Waals surface area contributed by atoms with Crippen LogP contribution >= 0.6 is 0 Å². The molecule has 1 aromatic heterocycles. The number of rotatable bonds is 1. The highest BCUT2D eigenvalue weighted by Crippen LogP contribution is 2.25. The predicted octanol–water partition coefficient (Wildman–Crippen LogP) is 1.75. The van der Waals surface area contributed by atoms with Crippen LogP contribution in [0.3, 0.4) is 0 Å². The van der Waals surface area contributed by atoms with E-state index >= 15 is 0 Å². The molecular weight excluding hydrogens is 278 g/mol. The molecule has 1 N–H and O–H groups in total. The van der Waals surface area contributed by atoms with Crippen LogP contribution in [0.4, 0.5) is 11.5 Å². The summed E-state index contributed by atoms with van der Waals surface area (Å²) in [5.41, 5.74) is 2.00. The first kappa shape index (κ1) is 13.7. The maximum atomic E-state index is 12.3. The lowest BCUT2D eigenvalue weighted by Gasteiger charge is -2.34. The Morgan fingerprint density at radius 3 is 2.59 bits per heavy atom. The summed E-state index contributed by atoms with van der Waals surface area (Å²) in [4.78, 5) is 14.3. The maximum Gasteiger partial charge on any atom is 0.271 e. The highest BCUT2D eigenvalue weighted by atomic mass is 16.1. The average molecular weight is 291 g/mol. The number of benzene rings is 1. The van der Waals surface area contributed by atoms with Gasteiger partial charge in [0.15, 0.2) is 0 Å². The third kappa shape index (κ3) is 2.07. The number of pyridine rings is 1. The lowest BCUT2D eigenvalue weighted by Crippen LogP contribution is -2.43. The molecule has 1 aliphatic rings. The van der Waals surface area contributed by atoms with E-state index in [1.807, 2.05) is 48.2 Å². The van der Waals surface area contributed by atoms with Crippen LogP contribution in [0.15, 0.2) is 35.1 Å². The lowest BCUT2D eigenvalue weighted by molar-refractivity contribution is 0.601. The van der Waals surface area contributed by atoms with E-state index in [-0.39, 0.29) is 11.1 Å². The number of hydrogen-bond acceptors (Lipinski definition) is 5. The van der Waals surface area contributed by atoms with Crippen molar-refractivity contribution < 1.29 is 0 Å². The van der Waals surface area contributed by atoms with Gasteiger partial charge in [-0.3, -0.25) is 9.36 Å². The van der Waals surface area contributed by atoms with Gasteiger partial charge in [0.25, 0.3) is 5.56 Å². The van der Waals surface area contributed by atoms with Gasteiger partial charge in [-0.15, -0.1) is 0 Å². The van der Waals surface area contributed by atoms with E-state index in [9.17, 15) is 10.1 Å². The summed E-state index contributed by atoms with van der Waals surface area (Å²) in [5.74, 6) is 0.469. The normalized spacial score (nSPS) is 12.8. The summed E-state index contributed by atoms with van der Waals surface area (Å²) >= 11 is 0. The highest BCUT2D eigenvalue weighted by Gasteiger charge is 2.22. The summed E-state index contributed by atoms with van der Waals surface area (Å²) < 4.78 is 1.44. The van der Waals surface area contributed by atoms with Crippen molar-refractivity contribution in [3.8, 4) is 12.1 Å². The van der Waals surface area contributed by atoms with Crippen molar-refractivity contribution in [1.29, 1.82) is 10.5 Å². The number of nitrogens with zero attached hydrogens (tertiary/aromatic N) is 4. The summed E-state index contributed by atoms with van der Waals surface area (Å²) in [6.45, 7) is 2.79. The molecule has 6 heteroatoms. The summed E-state index contributed by atoms with van der Waals surface area (Å²) in [6, 6.07) is 13.1. The number of nitrogens with one attached hydrogen (secondary N) is 1. The molecule has 0 atom stereocenters. The zero-order chi connectivity index (χ0) is 15.7. The van der Waals surface area contributed by atoms with E-state index in [0.29, 0.717) is 24.7 Å². The first-order chi connectivity index (χ1) is 10.7. The molecule has 0 amide bonds. The molecule has 2 aromatic rings. The van der Waals surface area contributed by atoms with E-state index < -0.39 is 0 Å². The second-order valence-corrected chi connectivity index (χ2v) is 5.08. The molecule has 0 bridgehead atoms. The molecule has 6 nitrogen and oxygen atoms in total. The molecule has 22 heavy (non-hydrogen) atoms. The number of aryl methyl sites for hydroxylation is 1. The minimum atomic E-state index is -0.387. The van der Waals surface area contributed by atoms with Crippen LogP contribution in [-0.2, 0) is 6.67 Å². The number of fused-ring (bicyclic) bond motifs is 1. The molecule has 0 fully saturated rings. The fourth-order valence-corrected chi connectivity index (χ4v) is 2.63. The summed E-state index contributed by atoms with van der Waals surface area (Å²) in [7, 11) is 0. The van der Waals surface area contributed by atoms with E-state index in [1.54, 1.807) is 0 Å². The van der Waals surface area contributed by atoms with Crippen LogP contribution in [-0.4, -0.2) is 11.2 Å². The van der Waals surface area contributed by atoms with E-state index in [1.165, 1.54) is 10.6 Å². The van der Waals surface area contributed by atoms with Gasteiger partial charge in [-0.2, -0.15) is 10.5 Å². The van der Waals surface area contributed by atoms with Crippen LogP contribution in [0.2, 0.25) is 0 Å². The number of aromatic nitrogens is 1. The molecule has 0 saturated carbocycles. The molecule has 0 unspecified atom stereocenters. The van der Waals surface area contributed by atoms with Gasteiger partial charge in [-0.25, -0.2) is 0 Å². The van der Waals surface area contributed by atoms with Gasteiger partial charge >= 0.3 is 0 Å². The largest absolute Gasteiger partial charge is 0.353 e. The fraction of sp³-hybridized carbons (Fsp3) is 0.188. The van der Waals surface area contributed by atoms with Gasteiger partial charge < -0.3 is 10.2 Å². The van der Waals surface area contributed by atoms with Crippen molar-refractivity contribution >= 4 is 11.5 Å². The number of anilines is 2. The van der Waals surface area contributed by atoms with Crippen molar-refractivity contribution in [3.63, 3.8) is 0 Å². The molecule has 108 valence electrons. The molecule has 0 aliphatic carbocycles. The Kier molecular flexibility index (Phi) is 3.28. The minimum Gasteiger partial charge on any atom is -0.353 e.